The molecular formula is C19H19FN2OS2. The molecule has 0 radical (unpaired) electrons. The summed E-state index contributed by atoms with van der Waals surface area (Å²) in [6.07, 6.45) is 0. The van der Waals surface area contributed by atoms with Gasteiger partial charge in [0.2, 0.25) is 5.91 Å². The van der Waals surface area contributed by atoms with Crippen molar-refractivity contribution in [3.8, 4) is 0 Å². The van der Waals surface area contributed by atoms with E-state index >= 15 is 0 Å². The molecule has 0 saturated heterocycles. The van der Waals surface area contributed by atoms with E-state index in [9.17, 15) is 9.18 Å². The average Bonchev–Trinajstić information content (AvgIpc) is 2.62. The van der Waals surface area contributed by atoms with Crippen molar-refractivity contribution in [1.82, 2.24) is 5.32 Å². The predicted octanol–water partition coefficient (Wildman–Crippen LogP) is 5.06. The van der Waals surface area contributed by atoms with E-state index in [-0.39, 0.29) is 23.0 Å². The van der Waals surface area contributed by atoms with Gasteiger partial charge in [0.1, 0.15) is 10.2 Å². The fourth-order valence-electron chi connectivity index (χ4n) is 2.44. The second-order valence-electron chi connectivity index (χ2n) is 5.84. The maximum absolute atomic E-state index is 13.0. The molecule has 1 aliphatic heterocycles. The number of hydrogen-bond donors (Lipinski definition) is 1. The summed E-state index contributed by atoms with van der Waals surface area (Å²) in [7, 11) is 0. The normalized spacial score (nSPS) is 15.7. The first-order chi connectivity index (χ1) is 12.0. The average molecular weight is 375 g/mol. The Morgan fingerprint density at radius 3 is 2.68 bits per heavy atom. The Bertz CT molecular complexity index is 792. The zero-order chi connectivity index (χ0) is 17.8. The maximum Gasteiger partial charge on any atom is 0.233 e. The molecule has 1 amide bonds. The summed E-state index contributed by atoms with van der Waals surface area (Å²) in [6.45, 7) is 3.77. The van der Waals surface area contributed by atoms with Gasteiger partial charge in [-0.3, -0.25) is 4.79 Å². The third-order valence-corrected chi connectivity index (χ3v) is 6.23. The molecule has 0 aromatic heterocycles. The largest absolute Gasteiger partial charge is 0.349 e. The molecule has 2 aromatic rings. The van der Waals surface area contributed by atoms with Crippen LogP contribution in [0.3, 0.4) is 0 Å². The van der Waals surface area contributed by atoms with E-state index in [4.69, 9.17) is 0 Å². The SMILES string of the molecule is C[C@@H](SC1=Nc2ccccc2CS1)C(=O)N[C@H](C)c1ccc(F)cc1. The van der Waals surface area contributed by atoms with Crippen molar-refractivity contribution in [2.45, 2.75) is 30.9 Å². The second kappa shape index (κ2) is 8.06. The highest BCUT2D eigenvalue weighted by Gasteiger charge is 2.21. The van der Waals surface area contributed by atoms with Crippen LogP contribution >= 0.6 is 23.5 Å². The van der Waals surface area contributed by atoms with Crippen LogP contribution in [0.15, 0.2) is 53.5 Å². The van der Waals surface area contributed by atoms with Gasteiger partial charge in [-0.25, -0.2) is 9.38 Å². The van der Waals surface area contributed by atoms with Crippen LogP contribution in [-0.4, -0.2) is 15.5 Å². The lowest BCUT2D eigenvalue weighted by molar-refractivity contribution is -0.120. The van der Waals surface area contributed by atoms with E-state index in [1.54, 1.807) is 23.9 Å². The van der Waals surface area contributed by atoms with E-state index < -0.39 is 0 Å². The fraction of sp³-hybridized carbons (Fsp3) is 0.263. The molecule has 1 heterocycles. The van der Waals surface area contributed by atoms with E-state index in [0.29, 0.717) is 0 Å². The minimum absolute atomic E-state index is 0.0519. The number of carbonyl (C=O) groups excluding carboxylic acids is 1. The third kappa shape index (κ3) is 4.64. The number of amides is 1. The van der Waals surface area contributed by atoms with Gasteiger partial charge in [-0.1, -0.05) is 53.9 Å². The van der Waals surface area contributed by atoms with Crippen molar-refractivity contribution >= 4 is 39.5 Å². The van der Waals surface area contributed by atoms with Crippen LogP contribution in [0.4, 0.5) is 10.1 Å². The van der Waals surface area contributed by atoms with Crippen molar-refractivity contribution < 1.29 is 9.18 Å². The molecule has 25 heavy (non-hydrogen) atoms. The van der Waals surface area contributed by atoms with E-state index in [0.717, 1.165) is 21.4 Å². The third-order valence-electron chi connectivity index (χ3n) is 3.93. The number of nitrogens with zero attached hydrogens (tertiary/aromatic N) is 1. The van der Waals surface area contributed by atoms with Crippen LogP contribution in [-0.2, 0) is 10.5 Å². The highest BCUT2D eigenvalue weighted by atomic mass is 32.2. The summed E-state index contributed by atoms with van der Waals surface area (Å²) in [4.78, 5) is 17.1. The van der Waals surface area contributed by atoms with Gasteiger partial charge in [0.25, 0.3) is 0 Å². The van der Waals surface area contributed by atoms with Crippen molar-refractivity contribution in [3.05, 3.63) is 65.5 Å². The van der Waals surface area contributed by atoms with Gasteiger partial charge in [-0.05, 0) is 43.2 Å². The zero-order valence-corrected chi connectivity index (χ0v) is 15.7. The maximum atomic E-state index is 13.0. The molecule has 3 nitrogen and oxygen atoms in total. The molecule has 0 saturated carbocycles. The summed E-state index contributed by atoms with van der Waals surface area (Å²) in [5.74, 6) is 0.547. The lowest BCUT2D eigenvalue weighted by atomic mass is 10.1. The molecular weight excluding hydrogens is 355 g/mol. The highest BCUT2D eigenvalue weighted by molar-refractivity contribution is 8.39. The topological polar surface area (TPSA) is 41.5 Å². The standard InChI is InChI=1S/C19H19FN2OS2/c1-12(14-7-9-16(20)10-8-14)21-18(23)13(2)25-19-22-17-6-4-3-5-15(17)11-24-19/h3-10,12-13H,11H2,1-2H3,(H,21,23)/t12-,13-/m1/s1. The van der Waals surface area contributed by atoms with E-state index in [2.05, 4.69) is 16.4 Å². The van der Waals surface area contributed by atoms with Crippen LogP contribution in [0.2, 0.25) is 0 Å². The number of aliphatic imine (C=N–C) groups is 1. The minimum Gasteiger partial charge on any atom is -0.349 e. The number of fused-ring (bicyclic) bond motifs is 1. The Labute approximate surface area is 155 Å². The quantitative estimate of drug-likeness (QED) is 0.813. The molecule has 1 aliphatic rings. The van der Waals surface area contributed by atoms with Crippen LogP contribution in [0.25, 0.3) is 0 Å². The monoisotopic (exact) mass is 374 g/mol. The number of hydrogen-bond acceptors (Lipinski definition) is 4. The van der Waals surface area contributed by atoms with Gasteiger partial charge in [-0.15, -0.1) is 0 Å². The lowest BCUT2D eigenvalue weighted by Gasteiger charge is -2.19. The zero-order valence-electron chi connectivity index (χ0n) is 14.0. The Hall–Kier alpha value is -1.79. The van der Waals surface area contributed by atoms with Crippen LogP contribution in [0.1, 0.15) is 31.0 Å². The minimum atomic E-state index is -0.279. The molecule has 0 aliphatic carbocycles. The molecule has 3 rings (SSSR count). The van der Waals surface area contributed by atoms with Gasteiger partial charge in [0.05, 0.1) is 17.0 Å². The Balaban J connectivity index is 1.59. The predicted molar refractivity (Wildman–Crippen MR) is 105 cm³/mol. The molecule has 0 spiro atoms. The molecule has 2 aromatic carbocycles. The van der Waals surface area contributed by atoms with Gasteiger partial charge >= 0.3 is 0 Å². The lowest BCUT2D eigenvalue weighted by Crippen LogP contribution is -2.33. The summed E-state index contributed by atoms with van der Waals surface area (Å²) in [5.41, 5.74) is 3.08. The fourth-order valence-corrected chi connectivity index (χ4v) is 4.64. The van der Waals surface area contributed by atoms with Crippen LogP contribution in [0, 0.1) is 5.82 Å². The summed E-state index contributed by atoms with van der Waals surface area (Å²) >= 11 is 3.13. The van der Waals surface area contributed by atoms with Crippen molar-refractivity contribution in [2.75, 3.05) is 0 Å². The number of para-hydroxylation sites is 1. The van der Waals surface area contributed by atoms with Gasteiger partial charge < -0.3 is 5.32 Å². The van der Waals surface area contributed by atoms with Gasteiger partial charge in [0.15, 0.2) is 0 Å². The summed E-state index contributed by atoms with van der Waals surface area (Å²) in [6, 6.07) is 14.1. The number of thioether (sulfide) groups is 2. The van der Waals surface area contributed by atoms with Gasteiger partial charge in [0, 0.05) is 5.75 Å². The van der Waals surface area contributed by atoms with E-state index in [1.807, 2.05) is 32.0 Å². The molecule has 1 N–H and O–H groups in total. The number of carbonyl (C=O) groups is 1. The number of benzene rings is 2. The second-order valence-corrected chi connectivity index (χ2v) is 8.39. The van der Waals surface area contributed by atoms with Crippen molar-refractivity contribution in [3.63, 3.8) is 0 Å². The van der Waals surface area contributed by atoms with Gasteiger partial charge in [-0.2, -0.15) is 0 Å². The van der Waals surface area contributed by atoms with Crippen LogP contribution < -0.4 is 5.32 Å². The number of rotatable bonds is 4. The Morgan fingerprint density at radius 1 is 1.20 bits per heavy atom. The summed E-state index contributed by atoms with van der Waals surface area (Å²) in [5, 5.41) is 2.73. The molecule has 0 fully saturated rings. The first-order valence-corrected chi connectivity index (χ1v) is 9.91. The molecule has 0 bridgehead atoms. The summed E-state index contributed by atoms with van der Waals surface area (Å²) < 4.78 is 13.9. The smallest absolute Gasteiger partial charge is 0.233 e. The molecule has 6 heteroatoms. The van der Waals surface area contributed by atoms with Crippen molar-refractivity contribution in [2.24, 2.45) is 4.99 Å². The molecule has 130 valence electrons. The highest BCUT2D eigenvalue weighted by Crippen LogP contribution is 2.35. The number of halogens is 1. The van der Waals surface area contributed by atoms with Crippen LogP contribution in [0.5, 0.6) is 0 Å². The number of nitrogens with one attached hydrogen (secondary N) is 1. The first kappa shape index (κ1) is 18.0. The molecule has 2 atom stereocenters. The van der Waals surface area contributed by atoms with E-state index in [1.165, 1.54) is 29.5 Å². The first-order valence-electron chi connectivity index (χ1n) is 8.05. The Kier molecular flexibility index (Phi) is 5.81. The molecule has 0 unspecified atom stereocenters. The van der Waals surface area contributed by atoms with Crippen molar-refractivity contribution in [1.29, 1.82) is 0 Å². The Morgan fingerprint density at radius 2 is 1.92 bits per heavy atom.